The first-order valence-corrected chi connectivity index (χ1v) is 10.8. The van der Waals surface area contributed by atoms with E-state index in [-0.39, 0.29) is 25.7 Å². The highest BCUT2D eigenvalue weighted by Gasteiger charge is 2.21. The van der Waals surface area contributed by atoms with Gasteiger partial charge in [0.25, 0.3) is 0 Å². The number of amides is 1. The van der Waals surface area contributed by atoms with Crippen LogP contribution in [0.4, 0.5) is 13.6 Å². The van der Waals surface area contributed by atoms with Crippen molar-refractivity contribution in [2.24, 2.45) is 5.73 Å². The van der Waals surface area contributed by atoms with E-state index < -0.39 is 17.7 Å². The molecular weight excluding hydrogens is 438 g/mol. The number of ether oxygens (including phenoxy) is 2. The lowest BCUT2D eigenvalue weighted by atomic mass is 10.1. The second-order valence-corrected chi connectivity index (χ2v) is 8.31. The first kappa shape index (κ1) is 23.7. The van der Waals surface area contributed by atoms with E-state index in [0.29, 0.717) is 17.3 Å². The topological polar surface area (TPSA) is 92.3 Å². The Hall–Kier alpha value is -2.98. The molecule has 0 fully saturated rings. The molecule has 1 aromatic carbocycles. The van der Waals surface area contributed by atoms with Gasteiger partial charge in [-0.3, -0.25) is 4.98 Å². The fourth-order valence-electron chi connectivity index (χ4n) is 3.00. The second kappa shape index (κ2) is 11.1. The summed E-state index contributed by atoms with van der Waals surface area (Å²) in [6.07, 6.45) is 2.57. The monoisotopic (exact) mass is 462 g/mol. The number of imidazole rings is 1. The Morgan fingerprint density at radius 1 is 1.22 bits per heavy atom. The van der Waals surface area contributed by atoms with Gasteiger partial charge < -0.3 is 19.8 Å². The summed E-state index contributed by atoms with van der Waals surface area (Å²) >= 11 is 1.24. The SMILES string of the molecule is CC(C)c1nc(COCCOC(N)=O)n(Cc2cccnc2)c1Sc1cc(F)cc(F)c1. The standard InChI is InChI=1S/C22H24F2N4O3S/c1-14(2)20-21(32-18-9-16(23)8-17(24)10-18)28(12-15-4-3-5-26-11-15)19(27-20)13-30-6-7-31-22(25)29/h3-5,8-11,14H,6-7,12-13H2,1-2H3,(H2,25,29). The summed E-state index contributed by atoms with van der Waals surface area (Å²) in [5.41, 5.74) is 6.68. The molecule has 3 rings (SSSR count). The van der Waals surface area contributed by atoms with Crippen molar-refractivity contribution >= 4 is 17.9 Å². The van der Waals surface area contributed by atoms with Crippen LogP contribution in [0.5, 0.6) is 0 Å². The molecule has 10 heteroatoms. The number of benzene rings is 1. The predicted molar refractivity (Wildman–Crippen MR) is 115 cm³/mol. The largest absolute Gasteiger partial charge is 0.447 e. The number of rotatable bonds is 10. The Kier molecular flexibility index (Phi) is 8.18. The maximum Gasteiger partial charge on any atom is 0.404 e. The maximum atomic E-state index is 13.8. The van der Waals surface area contributed by atoms with Crippen molar-refractivity contribution in [1.82, 2.24) is 14.5 Å². The number of nitrogens with two attached hydrogens (primary N) is 1. The average molecular weight is 463 g/mol. The van der Waals surface area contributed by atoms with E-state index >= 15 is 0 Å². The van der Waals surface area contributed by atoms with Crippen molar-refractivity contribution in [3.63, 3.8) is 0 Å². The van der Waals surface area contributed by atoms with Crippen LogP contribution in [-0.4, -0.2) is 33.8 Å². The van der Waals surface area contributed by atoms with Gasteiger partial charge in [0.05, 0.1) is 18.8 Å². The molecule has 0 saturated carbocycles. The van der Waals surface area contributed by atoms with Crippen molar-refractivity contribution in [3.8, 4) is 0 Å². The van der Waals surface area contributed by atoms with Crippen LogP contribution in [0.3, 0.4) is 0 Å². The van der Waals surface area contributed by atoms with Crippen LogP contribution >= 0.6 is 11.8 Å². The highest BCUT2D eigenvalue weighted by atomic mass is 32.2. The predicted octanol–water partition coefficient (Wildman–Crippen LogP) is 4.49. The Morgan fingerprint density at radius 3 is 2.59 bits per heavy atom. The lowest BCUT2D eigenvalue weighted by Gasteiger charge is -2.14. The van der Waals surface area contributed by atoms with Gasteiger partial charge in [0.15, 0.2) is 0 Å². The van der Waals surface area contributed by atoms with Crippen LogP contribution in [0.25, 0.3) is 0 Å². The Bertz CT molecular complexity index is 1040. The summed E-state index contributed by atoms with van der Waals surface area (Å²) in [6.45, 7) is 4.78. The number of carbonyl (C=O) groups is 1. The van der Waals surface area contributed by atoms with Crippen LogP contribution in [0.1, 0.15) is 36.8 Å². The summed E-state index contributed by atoms with van der Waals surface area (Å²) in [6, 6.07) is 7.19. The summed E-state index contributed by atoms with van der Waals surface area (Å²) in [5, 5.41) is 0.765. The molecule has 0 saturated heterocycles. The van der Waals surface area contributed by atoms with Gasteiger partial charge in [-0.25, -0.2) is 18.6 Å². The normalized spacial score (nSPS) is 11.2. The van der Waals surface area contributed by atoms with Gasteiger partial charge in [-0.2, -0.15) is 0 Å². The number of hydrogen-bond donors (Lipinski definition) is 1. The molecule has 7 nitrogen and oxygen atoms in total. The Morgan fingerprint density at radius 2 is 1.97 bits per heavy atom. The summed E-state index contributed by atoms with van der Waals surface area (Å²) < 4.78 is 39.8. The Labute approximate surface area is 189 Å². The van der Waals surface area contributed by atoms with E-state index in [4.69, 9.17) is 15.5 Å². The summed E-state index contributed by atoms with van der Waals surface area (Å²) in [4.78, 5) is 20.0. The molecule has 0 aliphatic carbocycles. The number of aromatic nitrogens is 3. The fraction of sp³-hybridized carbons (Fsp3) is 0.318. The molecule has 3 aromatic rings. The van der Waals surface area contributed by atoms with Crippen molar-refractivity contribution in [2.75, 3.05) is 13.2 Å². The average Bonchev–Trinajstić information content (AvgIpc) is 3.05. The molecular formula is C22H24F2N4O3S. The molecule has 2 heterocycles. The molecule has 2 aromatic heterocycles. The van der Waals surface area contributed by atoms with E-state index in [1.807, 2.05) is 30.5 Å². The van der Waals surface area contributed by atoms with Gasteiger partial charge in [0.2, 0.25) is 0 Å². The molecule has 1 amide bonds. The minimum Gasteiger partial charge on any atom is -0.447 e. The number of carbonyl (C=O) groups excluding carboxylic acids is 1. The first-order valence-electron chi connectivity index (χ1n) is 9.95. The quantitative estimate of drug-likeness (QED) is 0.446. The lowest BCUT2D eigenvalue weighted by molar-refractivity contribution is 0.0637. The number of hydrogen-bond acceptors (Lipinski definition) is 6. The third kappa shape index (κ3) is 6.51. The Balaban J connectivity index is 1.94. The zero-order valence-corrected chi connectivity index (χ0v) is 18.6. The molecule has 0 aliphatic heterocycles. The van der Waals surface area contributed by atoms with Crippen molar-refractivity contribution in [1.29, 1.82) is 0 Å². The maximum absolute atomic E-state index is 13.8. The van der Waals surface area contributed by atoms with Crippen LogP contribution in [0, 0.1) is 11.6 Å². The number of pyridine rings is 1. The second-order valence-electron chi connectivity index (χ2n) is 7.25. The molecule has 32 heavy (non-hydrogen) atoms. The van der Waals surface area contributed by atoms with Crippen molar-refractivity contribution < 1.29 is 23.0 Å². The van der Waals surface area contributed by atoms with Gasteiger partial charge in [-0.1, -0.05) is 31.7 Å². The van der Waals surface area contributed by atoms with Crippen molar-refractivity contribution in [2.45, 2.75) is 42.8 Å². The van der Waals surface area contributed by atoms with Crippen molar-refractivity contribution in [3.05, 3.63) is 71.4 Å². The smallest absolute Gasteiger partial charge is 0.404 e. The van der Waals surface area contributed by atoms with Gasteiger partial charge >= 0.3 is 6.09 Å². The molecule has 170 valence electrons. The lowest BCUT2D eigenvalue weighted by Crippen LogP contribution is -2.17. The fourth-order valence-corrected chi connectivity index (χ4v) is 4.23. The van der Waals surface area contributed by atoms with E-state index in [2.05, 4.69) is 9.72 Å². The minimum atomic E-state index is -0.866. The highest BCUT2D eigenvalue weighted by molar-refractivity contribution is 7.99. The van der Waals surface area contributed by atoms with Gasteiger partial charge in [0.1, 0.15) is 35.7 Å². The highest BCUT2D eigenvalue weighted by Crippen LogP contribution is 2.36. The minimum absolute atomic E-state index is 0.0276. The molecule has 0 unspecified atom stereocenters. The molecule has 0 bridgehead atoms. The van der Waals surface area contributed by atoms with E-state index in [1.165, 1.54) is 23.9 Å². The van der Waals surface area contributed by atoms with Crippen LogP contribution in [-0.2, 0) is 22.6 Å². The zero-order chi connectivity index (χ0) is 23.1. The van der Waals surface area contributed by atoms with Crippen LogP contribution in [0.2, 0.25) is 0 Å². The zero-order valence-electron chi connectivity index (χ0n) is 17.8. The number of primary amides is 1. The molecule has 0 radical (unpaired) electrons. The number of nitrogens with zero attached hydrogens (tertiary/aromatic N) is 3. The summed E-state index contributed by atoms with van der Waals surface area (Å²) in [7, 11) is 0. The van der Waals surface area contributed by atoms with E-state index in [9.17, 15) is 13.6 Å². The first-order chi connectivity index (χ1) is 15.3. The number of halogens is 2. The van der Waals surface area contributed by atoms with E-state index in [0.717, 1.165) is 22.3 Å². The van der Waals surface area contributed by atoms with Crippen LogP contribution in [0.15, 0.2) is 52.6 Å². The molecule has 2 N–H and O–H groups in total. The molecule has 0 aliphatic rings. The van der Waals surface area contributed by atoms with E-state index in [1.54, 1.807) is 12.4 Å². The van der Waals surface area contributed by atoms with Crippen LogP contribution < -0.4 is 5.73 Å². The molecule has 0 atom stereocenters. The third-order valence-corrected chi connectivity index (χ3v) is 5.48. The summed E-state index contributed by atoms with van der Waals surface area (Å²) in [5.74, 6) is -0.594. The van der Waals surface area contributed by atoms with Gasteiger partial charge in [-0.05, 0) is 29.7 Å². The molecule has 0 spiro atoms. The van der Waals surface area contributed by atoms with Gasteiger partial charge in [-0.15, -0.1) is 0 Å². The van der Waals surface area contributed by atoms with Gasteiger partial charge in [0, 0.05) is 23.4 Å². The third-order valence-electron chi connectivity index (χ3n) is 4.39.